The van der Waals surface area contributed by atoms with Crippen molar-refractivity contribution in [3.63, 3.8) is 0 Å². The molecule has 0 radical (unpaired) electrons. The lowest BCUT2D eigenvalue weighted by atomic mass is 9.91. The SMILES string of the molecule is COCCCN1C(=O)C(=O)C(=C(O)c2ccc(C)cc2)[C@H]1c1cccc2ccccc12. The maximum Gasteiger partial charge on any atom is 0.295 e. The molecule has 1 aliphatic heterocycles. The molecule has 5 nitrogen and oxygen atoms in total. The van der Waals surface area contributed by atoms with Crippen LogP contribution in [0, 0.1) is 6.92 Å². The van der Waals surface area contributed by atoms with E-state index in [1.807, 2.05) is 61.5 Å². The lowest BCUT2D eigenvalue weighted by molar-refractivity contribution is -0.140. The smallest absolute Gasteiger partial charge is 0.295 e. The summed E-state index contributed by atoms with van der Waals surface area (Å²) in [6, 6.07) is 20.3. The van der Waals surface area contributed by atoms with E-state index < -0.39 is 17.7 Å². The Morgan fingerprint density at radius 2 is 1.71 bits per heavy atom. The number of Topliss-reactive ketones (excluding diaryl/α,β-unsaturated/α-hetero) is 1. The summed E-state index contributed by atoms with van der Waals surface area (Å²) in [5.41, 5.74) is 2.51. The van der Waals surface area contributed by atoms with E-state index in [2.05, 4.69) is 0 Å². The fourth-order valence-electron chi connectivity index (χ4n) is 4.17. The molecule has 158 valence electrons. The first-order valence-corrected chi connectivity index (χ1v) is 10.3. The van der Waals surface area contributed by atoms with Crippen molar-refractivity contribution in [2.75, 3.05) is 20.3 Å². The first-order chi connectivity index (χ1) is 15.0. The molecule has 1 amide bonds. The van der Waals surface area contributed by atoms with E-state index in [9.17, 15) is 14.7 Å². The zero-order valence-electron chi connectivity index (χ0n) is 17.7. The van der Waals surface area contributed by atoms with Crippen LogP contribution in [0.2, 0.25) is 0 Å². The number of rotatable bonds is 6. The van der Waals surface area contributed by atoms with Gasteiger partial charge in [0.25, 0.3) is 11.7 Å². The Hall–Kier alpha value is -3.44. The molecule has 1 N–H and O–H groups in total. The highest BCUT2D eigenvalue weighted by molar-refractivity contribution is 6.46. The van der Waals surface area contributed by atoms with Crippen molar-refractivity contribution in [2.45, 2.75) is 19.4 Å². The van der Waals surface area contributed by atoms with Gasteiger partial charge in [-0.15, -0.1) is 0 Å². The standard InChI is InChI=1S/C26H25NO4/c1-17-11-13-19(14-12-17)24(28)22-23(27(15-6-16-31-2)26(30)25(22)29)21-10-5-8-18-7-3-4-9-20(18)21/h3-5,7-14,23,28H,6,15-16H2,1-2H3/t23-/m1/s1. The van der Waals surface area contributed by atoms with Gasteiger partial charge in [0, 0.05) is 25.8 Å². The van der Waals surface area contributed by atoms with Crippen LogP contribution in [0.15, 0.2) is 72.3 Å². The molecule has 0 bridgehead atoms. The molecule has 0 aromatic heterocycles. The number of fused-ring (bicyclic) bond motifs is 1. The van der Waals surface area contributed by atoms with Crippen LogP contribution in [0.1, 0.15) is 29.2 Å². The Morgan fingerprint density at radius 3 is 2.45 bits per heavy atom. The van der Waals surface area contributed by atoms with Gasteiger partial charge in [-0.2, -0.15) is 0 Å². The maximum atomic E-state index is 13.1. The Balaban J connectivity index is 1.91. The van der Waals surface area contributed by atoms with Crippen molar-refractivity contribution in [1.29, 1.82) is 0 Å². The van der Waals surface area contributed by atoms with Gasteiger partial charge in [-0.1, -0.05) is 72.3 Å². The van der Waals surface area contributed by atoms with Crippen molar-refractivity contribution >= 4 is 28.2 Å². The summed E-state index contributed by atoms with van der Waals surface area (Å²) in [6.07, 6.45) is 0.593. The summed E-state index contributed by atoms with van der Waals surface area (Å²) in [4.78, 5) is 27.7. The zero-order valence-corrected chi connectivity index (χ0v) is 17.7. The Bertz CT molecular complexity index is 1160. The normalized spacial score (nSPS) is 18.1. The minimum atomic E-state index is -0.663. The lowest BCUT2D eigenvalue weighted by Crippen LogP contribution is -2.31. The Morgan fingerprint density at radius 1 is 1.00 bits per heavy atom. The van der Waals surface area contributed by atoms with Crippen LogP contribution < -0.4 is 0 Å². The molecule has 31 heavy (non-hydrogen) atoms. The van der Waals surface area contributed by atoms with Crippen LogP contribution in [-0.4, -0.2) is 42.0 Å². The topological polar surface area (TPSA) is 66.8 Å². The average molecular weight is 415 g/mol. The molecule has 3 aromatic rings. The Labute approximate surface area is 181 Å². The minimum Gasteiger partial charge on any atom is -0.507 e. The van der Waals surface area contributed by atoms with Gasteiger partial charge in [-0.25, -0.2) is 0 Å². The van der Waals surface area contributed by atoms with Gasteiger partial charge in [0.05, 0.1) is 11.6 Å². The molecule has 1 atom stereocenters. The van der Waals surface area contributed by atoms with E-state index in [4.69, 9.17) is 4.74 Å². The highest BCUT2D eigenvalue weighted by atomic mass is 16.5. The van der Waals surface area contributed by atoms with Gasteiger partial charge >= 0.3 is 0 Å². The van der Waals surface area contributed by atoms with Gasteiger partial charge in [0.2, 0.25) is 0 Å². The number of amides is 1. The molecule has 0 unspecified atom stereocenters. The fraction of sp³-hybridized carbons (Fsp3) is 0.231. The molecular weight excluding hydrogens is 390 g/mol. The van der Waals surface area contributed by atoms with E-state index in [1.54, 1.807) is 24.1 Å². The van der Waals surface area contributed by atoms with Crippen molar-refractivity contribution < 1.29 is 19.4 Å². The van der Waals surface area contributed by atoms with Crippen LogP contribution >= 0.6 is 0 Å². The molecular formula is C26H25NO4. The summed E-state index contributed by atoms with van der Waals surface area (Å²) in [6.45, 7) is 2.79. The van der Waals surface area contributed by atoms with Crippen molar-refractivity contribution in [2.24, 2.45) is 0 Å². The minimum absolute atomic E-state index is 0.127. The van der Waals surface area contributed by atoms with E-state index in [0.29, 0.717) is 25.1 Å². The molecule has 1 aliphatic rings. The summed E-state index contributed by atoms with van der Waals surface area (Å²) >= 11 is 0. The molecule has 0 saturated carbocycles. The van der Waals surface area contributed by atoms with Crippen LogP contribution in [-0.2, 0) is 14.3 Å². The third kappa shape index (κ3) is 3.84. The number of carbonyl (C=O) groups is 2. The quantitative estimate of drug-likeness (QED) is 0.276. The number of ketones is 1. The number of methoxy groups -OCH3 is 1. The first-order valence-electron chi connectivity index (χ1n) is 10.3. The predicted octanol–water partition coefficient (Wildman–Crippen LogP) is 4.61. The average Bonchev–Trinajstić information content (AvgIpc) is 3.04. The number of hydrogen-bond acceptors (Lipinski definition) is 4. The van der Waals surface area contributed by atoms with Crippen molar-refractivity contribution in [1.82, 2.24) is 4.90 Å². The van der Waals surface area contributed by atoms with E-state index in [1.165, 1.54) is 0 Å². The number of likely N-dealkylation sites (tertiary alicyclic amines) is 1. The monoisotopic (exact) mass is 415 g/mol. The van der Waals surface area contributed by atoms with Gasteiger partial charge in [-0.3, -0.25) is 9.59 Å². The molecule has 1 fully saturated rings. The van der Waals surface area contributed by atoms with Crippen LogP contribution in [0.5, 0.6) is 0 Å². The molecule has 0 aliphatic carbocycles. The summed E-state index contributed by atoms with van der Waals surface area (Å²) in [7, 11) is 1.60. The number of benzene rings is 3. The number of ether oxygens (including phenoxy) is 1. The number of aliphatic hydroxyl groups excluding tert-OH is 1. The van der Waals surface area contributed by atoms with Gasteiger partial charge in [0.1, 0.15) is 5.76 Å². The van der Waals surface area contributed by atoms with Gasteiger partial charge in [-0.05, 0) is 29.7 Å². The van der Waals surface area contributed by atoms with E-state index in [0.717, 1.165) is 21.9 Å². The number of nitrogens with zero attached hydrogens (tertiary/aromatic N) is 1. The highest BCUT2D eigenvalue weighted by Crippen LogP contribution is 2.41. The zero-order chi connectivity index (χ0) is 22.0. The Kier molecular flexibility index (Phi) is 5.87. The van der Waals surface area contributed by atoms with E-state index in [-0.39, 0.29) is 11.3 Å². The summed E-state index contributed by atoms with van der Waals surface area (Å²) < 4.78 is 5.15. The fourth-order valence-corrected chi connectivity index (χ4v) is 4.17. The largest absolute Gasteiger partial charge is 0.507 e. The maximum absolute atomic E-state index is 13.1. The third-order valence-corrected chi connectivity index (χ3v) is 5.73. The third-order valence-electron chi connectivity index (χ3n) is 5.73. The molecule has 4 rings (SSSR count). The number of hydrogen-bond donors (Lipinski definition) is 1. The second-order valence-corrected chi connectivity index (χ2v) is 7.77. The second kappa shape index (κ2) is 8.74. The lowest BCUT2D eigenvalue weighted by Gasteiger charge is -2.26. The molecule has 3 aromatic carbocycles. The number of aryl methyl sites for hydroxylation is 1. The molecule has 1 heterocycles. The van der Waals surface area contributed by atoms with Crippen LogP contribution in [0.4, 0.5) is 0 Å². The second-order valence-electron chi connectivity index (χ2n) is 7.77. The van der Waals surface area contributed by atoms with Crippen LogP contribution in [0.25, 0.3) is 16.5 Å². The first kappa shape index (κ1) is 20.8. The molecule has 1 saturated heterocycles. The van der Waals surface area contributed by atoms with E-state index >= 15 is 0 Å². The summed E-state index contributed by atoms with van der Waals surface area (Å²) in [5.74, 6) is -1.40. The van der Waals surface area contributed by atoms with Crippen LogP contribution in [0.3, 0.4) is 0 Å². The van der Waals surface area contributed by atoms with Crippen molar-refractivity contribution in [3.05, 3.63) is 89.0 Å². The highest BCUT2D eigenvalue weighted by Gasteiger charge is 2.46. The predicted molar refractivity (Wildman–Crippen MR) is 121 cm³/mol. The summed E-state index contributed by atoms with van der Waals surface area (Å²) in [5, 5.41) is 13.1. The number of aliphatic hydroxyl groups is 1. The van der Waals surface area contributed by atoms with Gasteiger partial charge in [0.15, 0.2) is 0 Å². The van der Waals surface area contributed by atoms with Crippen molar-refractivity contribution in [3.8, 4) is 0 Å². The molecule has 0 spiro atoms. The van der Waals surface area contributed by atoms with Gasteiger partial charge < -0.3 is 14.7 Å². The molecule has 5 heteroatoms. The number of carbonyl (C=O) groups excluding carboxylic acids is 2.